The van der Waals surface area contributed by atoms with E-state index in [-0.39, 0.29) is 30.5 Å². The van der Waals surface area contributed by atoms with Gasteiger partial charge in [-0.1, -0.05) is 0 Å². The molecule has 0 saturated carbocycles. The second-order valence-electron chi connectivity index (χ2n) is 4.24. The van der Waals surface area contributed by atoms with Crippen molar-refractivity contribution >= 4 is 11.8 Å². The molecule has 0 aromatic heterocycles. The van der Waals surface area contributed by atoms with E-state index in [1.54, 1.807) is 0 Å². The number of rotatable bonds is 8. The van der Waals surface area contributed by atoms with E-state index in [1.165, 1.54) is 0 Å². The number of ether oxygens (including phenoxy) is 1. The van der Waals surface area contributed by atoms with Gasteiger partial charge in [0.25, 0.3) is 0 Å². The van der Waals surface area contributed by atoms with Crippen molar-refractivity contribution in [3.8, 4) is 0 Å². The van der Waals surface area contributed by atoms with E-state index in [4.69, 9.17) is 10.5 Å². The zero-order valence-electron chi connectivity index (χ0n) is 10.8. The summed E-state index contributed by atoms with van der Waals surface area (Å²) in [5.41, 5.74) is 5.25. The van der Waals surface area contributed by atoms with Crippen LogP contribution < -0.4 is 16.4 Å². The zero-order chi connectivity index (χ0) is 13.3. The monoisotopic (exact) mass is 245 g/mol. The van der Waals surface area contributed by atoms with Gasteiger partial charge in [0, 0.05) is 25.0 Å². The molecule has 0 saturated heterocycles. The Balaban J connectivity index is 3.60. The van der Waals surface area contributed by atoms with Gasteiger partial charge >= 0.3 is 0 Å². The van der Waals surface area contributed by atoms with Crippen LogP contribution in [0.4, 0.5) is 0 Å². The maximum atomic E-state index is 11.2. The fourth-order valence-corrected chi connectivity index (χ4v) is 1.21. The number of carbonyl (C=O) groups is 2. The van der Waals surface area contributed by atoms with Crippen molar-refractivity contribution < 1.29 is 14.3 Å². The smallest absolute Gasteiger partial charge is 0.246 e. The van der Waals surface area contributed by atoms with Crippen LogP contribution in [0.3, 0.4) is 0 Å². The van der Waals surface area contributed by atoms with E-state index < -0.39 is 0 Å². The van der Waals surface area contributed by atoms with Crippen LogP contribution in [0.1, 0.15) is 27.2 Å². The van der Waals surface area contributed by atoms with Gasteiger partial charge in [-0.2, -0.15) is 0 Å². The van der Waals surface area contributed by atoms with Gasteiger partial charge in [0.05, 0.1) is 6.61 Å². The van der Waals surface area contributed by atoms with Gasteiger partial charge in [-0.3, -0.25) is 9.59 Å². The Morgan fingerprint density at radius 2 is 1.82 bits per heavy atom. The highest BCUT2D eigenvalue weighted by atomic mass is 16.5. The molecule has 0 aromatic rings. The highest BCUT2D eigenvalue weighted by Crippen LogP contribution is 1.87. The third kappa shape index (κ3) is 9.77. The molecule has 0 aliphatic rings. The summed E-state index contributed by atoms with van der Waals surface area (Å²) in [6.07, 6.45) is 0.304. The lowest BCUT2D eigenvalue weighted by Gasteiger charge is -2.14. The minimum Gasteiger partial charge on any atom is -0.370 e. The fraction of sp³-hybridized carbons (Fsp3) is 0.818. The van der Waals surface area contributed by atoms with Crippen molar-refractivity contribution in [2.45, 2.75) is 39.3 Å². The molecule has 0 aliphatic carbocycles. The maximum Gasteiger partial charge on any atom is 0.246 e. The Labute approximate surface area is 102 Å². The van der Waals surface area contributed by atoms with Crippen molar-refractivity contribution in [1.29, 1.82) is 0 Å². The normalized spacial score (nSPS) is 12.3. The molecule has 0 spiro atoms. The van der Waals surface area contributed by atoms with Gasteiger partial charge in [-0.05, 0) is 20.8 Å². The summed E-state index contributed by atoms with van der Waals surface area (Å²) in [6, 6.07) is -0.0197. The van der Waals surface area contributed by atoms with Gasteiger partial charge in [0.2, 0.25) is 11.8 Å². The van der Waals surface area contributed by atoms with Crippen LogP contribution in [0.25, 0.3) is 0 Å². The SMILES string of the molecule is CC(C)NC(=O)COCC(C)NC(=O)CCN. The van der Waals surface area contributed by atoms with E-state index in [2.05, 4.69) is 10.6 Å². The largest absolute Gasteiger partial charge is 0.370 e. The Kier molecular flexibility index (Phi) is 8.35. The Hall–Kier alpha value is -1.14. The van der Waals surface area contributed by atoms with Crippen LogP contribution in [-0.2, 0) is 14.3 Å². The molecule has 6 heteroatoms. The number of carbonyl (C=O) groups excluding carboxylic acids is 2. The summed E-state index contributed by atoms with van der Waals surface area (Å²) in [5, 5.41) is 5.43. The second-order valence-corrected chi connectivity index (χ2v) is 4.24. The van der Waals surface area contributed by atoms with Gasteiger partial charge < -0.3 is 21.1 Å². The van der Waals surface area contributed by atoms with E-state index in [9.17, 15) is 9.59 Å². The molecule has 4 N–H and O–H groups in total. The summed E-state index contributed by atoms with van der Waals surface area (Å²) in [6.45, 7) is 6.23. The maximum absolute atomic E-state index is 11.2. The van der Waals surface area contributed by atoms with E-state index >= 15 is 0 Å². The van der Waals surface area contributed by atoms with Crippen LogP contribution in [0.15, 0.2) is 0 Å². The molecule has 17 heavy (non-hydrogen) atoms. The number of amides is 2. The van der Waals surface area contributed by atoms with Crippen LogP contribution in [0, 0.1) is 0 Å². The average Bonchev–Trinajstić information content (AvgIpc) is 2.16. The van der Waals surface area contributed by atoms with Gasteiger partial charge in [-0.15, -0.1) is 0 Å². The second kappa shape index (κ2) is 8.95. The molecule has 0 aromatic carbocycles. The van der Waals surface area contributed by atoms with Crippen molar-refractivity contribution in [3.05, 3.63) is 0 Å². The summed E-state index contributed by atoms with van der Waals surface area (Å²) < 4.78 is 5.18. The molecule has 2 amide bonds. The van der Waals surface area contributed by atoms with Gasteiger partial charge in [-0.25, -0.2) is 0 Å². The predicted molar refractivity (Wildman–Crippen MR) is 65.4 cm³/mol. The number of hydrogen-bond donors (Lipinski definition) is 3. The minimum atomic E-state index is -0.152. The third-order valence-corrected chi connectivity index (χ3v) is 1.83. The molecule has 0 rings (SSSR count). The molecular formula is C11H23N3O3. The molecule has 0 aliphatic heterocycles. The van der Waals surface area contributed by atoms with Crippen molar-refractivity contribution in [2.75, 3.05) is 19.8 Å². The van der Waals surface area contributed by atoms with E-state index in [0.717, 1.165) is 0 Å². The van der Waals surface area contributed by atoms with Gasteiger partial charge in [0.1, 0.15) is 6.61 Å². The summed E-state index contributed by atoms with van der Waals surface area (Å²) in [7, 11) is 0. The quantitative estimate of drug-likeness (QED) is 0.531. The molecule has 0 bridgehead atoms. The zero-order valence-corrected chi connectivity index (χ0v) is 10.8. The standard InChI is InChI=1S/C11H23N3O3/c1-8(2)13-11(16)7-17-6-9(3)14-10(15)4-5-12/h8-9H,4-7,12H2,1-3H3,(H,13,16)(H,14,15). The van der Waals surface area contributed by atoms with E-state index in [1.807, 2.05) is 20.8 Å². The molecule has 6 nitrogen and oxygen atoms in total. The van der Waals surface area contributed by atoms with E-state index in [0.29, 0.717) is 19.6 Å². The first-order valence-electron chi connectivity index (χ1n) is 5.82. The molecule has 0 radical (unpaired) electrons. The lowest BCUT2D eigenvalue weighted by molar-refractivity contribution is -0.126. The van der Waals surface area contributed by atoms with Crippen LogP contribution >= 0.6 is 0 Å². The van der Waals surface area contributed by atoms with Crippen LogP contribution in [0.5, 0.6) is 0 Å². The Morgan fingerprint density at radius 1 is 1.18 bits per heavy atom. The van der Waals surface area contributed by atoms with Crippen LogP contribution in [-0.4, -0.2) is 43.7 Å². The number of nitrogens with two attached hydrogens (primary N) is 1. The Bertz CT molecular complexity index is 244. The van der Waals surface area contributed by atoms with Crippen molar-refractivity contribution in [2.24, 2.45) is 5.73 Å². The number of hydrogen-bond acceptors (Lipinski definition) is 4. The highest BCUT2D eigenvalue weighted by Gasteiger charge is 2.08. The Morgan fingerprint density at radius 3 is 2.35 bits per heavy atom. The first-order valence-corrected chi connectivity index (χ1v) is 5.82. The lowest BCUT2D eigenvalue weighted by Crippen LogP contribution is -2.38. The highest BCUT2D eigenvalue weighted by molar-refractivity contribution is 5.77. The van der Waals surface area contributed by atoms with Crippen LogP contribution in [0.2, 0.25) is 0 Å². The summed E-state index contributed by atoms with van der Waals surface area (Å²) >= 11 is 0. The molecule has 100 valence electrons. The fourth-order valence-electron chi connectivity index (χ4n) is 1.21. The first kappa shape index (κ1) is 15.9. The molecular weight excluding hydrogens is 222 g/mol. The first-order chi connectivity index (χ1) is 7.95. The van der Waals surface area contributed by atoms with Crippen molar-refractivity contribution in [3.63, 3.8) is 0 Å². The lowest BCUT2D eigenvalue weighted by atomic mass is 10.3. The predicted octanol–water partition coefficient (Wildman–Crippen LogP) is -0.619. The molecule has 1 atom stereocenters. The van der Waals surface area contributed by atoms with Gasteiger partial charge in [0.15, 0.2) is 0 Å². The molecule has 0 fully saturated rings. The average molecular weight is 245 g/mol. The topological polar surface area (TPSA) is 93.5 Å². The minimum absolute atomic E-state index is 0.00921. The molecule has 1 unspecified atom stereocenters. The third-order valence-electron chi connectivity index (χ3n) is 1.83. The molecule has 0 heterocycles. The van der Waals surface area contributed by atoms with Crippen molar-refractivity contribution in [1.82, 2.24) is 10.6 Å². The summed E-state index contributed by atoms with van der Waals surface area (Å²) in [4.78, 5) is 22.4. The summed E-state index contributed by atoms with van der Waals surface area (Å²) in [5.74, 6) is -0.254. The number of nitrogens with one attached hydrogen (secondary N) is 2.